The first-order valence-corrected chi connectivity index (χ1v) is 11.6. The topological polar surface area (TPSA) is 154 Å². The molecule has 3 rings (SSSR count). The van der Waals surface area contributed by atoms with Gasteiger partial charge in [-0.1, -0.05) is 37.7 Å². The summed E-state index contributed by atoms with van der Waals surface area (Å²) < 4.78 is 7.92. The third kappa shape index (κ3) is 5.72. The first-order valence-electron chi connectivity index (χ1n) is 10.6. The number of tetrazole rings is 1. The maximum atomic E-state index is 13.2. The molecular formula is C21H28N8O4S. The van der Waals surface area contributed by atoms with Crippen molar-refractivity contribution in [2.75, 3.05) is 36.6 Å². The Hall–Kier alpha value is -3.45. The molecule has 0 bridgehead atoms. The zero-order valence-corrected chi connectivity index (χ0v) is 20.3. The van der Waals surface area contributed by atoms with Gasteiger partial charge < -0.3 is 15.4 Å². The largest absolute Gasteiger partial charge is 0.383 e. The molecule has 0 atom stereocenters. The normalized spacial score (nSPS) is 11.2. The van der Waals surface area contributed by atoms with Gasteiger partial charge in [-0.15, -0.1) is 5.10 Å². The minimum absolute atomic E-state index is 0.0681. The number of H-pyrrole nitrogens is 1. The minimum Gasteiger partial charge on any atom is -0.383 e. The summed E-state index contributed by atoms with van der Waals surface area (Å²) in [5.74, 6) is -0.454. The van der Waals surface area contributed by atoms with Crippen molar-refractivity contribution in [2.45, 2.75) is 32.5 Å². The number of rotatable bonds is 10. The number of nitrogen functional groups attached to an aromatic ring is 1. The molecule has 1 aromatic carbocycles. The van der Waals surface area contributed by atoms with Crippen LogP contribution < -0.4 is 21.9 Å². The van der Waals surface area contributed by atoms with Gasteiger partial charge >= 0.3 is 5.69 Å². The zero-order chi connectivity index (χ0) is 24.8. The van der Waals surface area contributed by atoms with Crippen LogP contribution in [-0.2, 0) is 16.1 Å². The van der Waals surface area contributed by atoms with Crippen LogP contribution in [0.1, 0.15) is 19.4 Å². The lowest BCUT2D eigenvalue weighted by atomic mass is 10.2. The first kappa shape index (κ1) is 25.2. The average Bonchev–Trinajstić information content (AvgIpc) is 3.25. The number of nitrogens with one attached hydrogen (secondary N) is 1. The third-order valence-corrected chi connectivity index (χ3v) is 5.77. The number of aromatic nitrogens is 6. The number of amides is 1. The molecule has 2 heterocycles. The number of nitrogens with two attached hydrogens (primary N) is 1. The van der Waals surface area contributed by atoms with E-state index in [0.717, 1.165) is 23.0 Å². The maximum Gasteiger partial charge on any atom is 0.330 e. The molecule has 0 saturated carbocycles. The van der Waals surface area contributed by atoms with Gasteiger partial charge in [0.25, 0.3) is 5.56 Å². The average molecular weight is 489 g/mol. The first-order chi connectivity index (χ1) is 16.2. The van der Waals surface area contributed by atoms with E-state index in [1.165, 1.54) is 21.3 Å². The SMILES string of the molecule is COCCN(C(=O)CSc1nnnn1-c1cccc(C)c1)c1c(N)n(CC(C)C)c(=O)[nH]c1=O. The number of carbonyl (C=O) groups excluding carboxylic acids is 1. The molecule has 1 amide bonds. The molecular weight excluding hydrogens is 460 g/mol. The molecule has 0 aliphatic rings. The third-order valence-electron chi connectivity index (χ3n) is 4.86. The van der Waals surface area contributed by atoms with Gasteiger partial charge in [-0.3, -0.25) is 19.1 Å². The van der Waals surface area contributed by atoms with E-state index in [4.69, 9.17) is 10.5 Å². The summed E-state index contributed by atoms with van der Waals surface area (Å²) in [7, 11) is 1.49. The second-order valence-electron chi connectivity index (χ2n) is 8.04. The Morgan fingerprint density at radius 1 is 1.32 bits per heavy atom. The predicted octanol–water partition coefficient (Wildman–Crippen LogP) is 0.831. The summed E-state index contributed by atoms with van der Waals surface area (Å²) in [6.07, 6.45) is 0. The molecule has 3 aromatic rings. The quantitative estimate of drug-likeness (QED) is 0.395. The van der Waals surface area contributed by atoms with Crippen LogP contribution in [-0.4, -0.2) is 61.7 Å². The Balaban J connectivity index is 1.89. The highest BCUT2D eigenvalue weighted by atomic mass is 32.2. The molecule has 2 aromatic heterocycles. The van der Waals surface area contributed by atoms with Crippen LogP contribution in [0.15, 0.2) is 39.0 Å². The van der Waals surface area contributed by atoms with E-state index in [2.05, 4.69) is 20.5 Å². The summed E-state index contributed by atoms with van der Waals surface area (Å²) in [5, 5.41) is 12.2. The number of hydrogen-bond donors (Lipinski definition) is 2. The molecule has 0 fully saturated rings. The molecule has 3 N–H and O–H groups in total. The summed E-state index contributed by atoms with van der Waals surface area (Å²) in [6, 6.07) is 7.63. The molecule has 0 spiro atoms. The number of anilines is 2. The van der Waals surface area contributed by atoms with Gasteiger partial charge in [0.15, 0.2) is 5.69 Å². The number of thioether (sulfide) groups is 1. The lowest BCUT2D eigenvalue weighted by Crippen LogP contribution is -2.43. The van der Waals surface area contributed by atoms with Gasteiger partial charge in [0.05, 0.1) is 18.0 Å². The summed E-state index contributed by atoms with van der Waals surface area (Å²) in [5.41, 5.74) is 6.58. The Kier molecular flexibility index (Phi) is 8.23. The van der Waals surface area contributed by atoms with E-state index in [-0.39, 0.29) is 36.3 Å². The molecule has 0 unspecified atom stereocenters. The van der Waals surface area contributed by atoms with Gasteiger partial charge in [0.2, 0.25) is 11.1 Å². The van der Waals surface area contributed by atoms with Crippen molar-refractivity contribution in [3.8, 4) is 5.69 Å². The fourth-order valence-electron chi connectivity index (χ4n) is 3.32. The second-order valence-corrected chi connectivity index (χ2v) is 8.98. The predicted molar refractivity (Wildman–Crippen MR) is 129 cm³/mol. The van der Waals surface area contributed by atoms with Crippen LogP contribution in [0.3, 0.4) is 0 Å². The lowest BCUT2D eigenvalue weighted by molar-refractivity contribution is -0.116. The van der Waals surface area contributed by atoms with Crippen molar-refractivity contribution in [1.29, 1.82) is 0 Å². The maximum absolute atomic E-state index is 13.2. The van der Waals surface area contributed by atoms with Crippen molar-refractivity contribution in [3.05, 3.63) is 50.7 Å². The van der Waals surface area contributed by atoms with Gasteiger partial charge in [-0.25, -0.2) is 4.79 Å². The number of aryl methyl sites for hydroxylation is 1. The Morgan fingerprint density at radius 3 is 2.76 bits per heavy atom. The van der Waals surface area contributed by atoms with Crippen LogP contribution in [0.2, 0.25) is 0 Å². The molecule has 182 valence electrons. The van der Waals surface area contributed by atoms with Crippen LogP contribution >= 0.6 is 11.8 Å². The van der Waals surface area contributed by atoms with Crippen LogP contribution in [0.25, 0.3) is 5.69 Å². The highest BCUT2D eigenvalue weighted by Gasteiger charge is 2.25. The van der Waals surface area contributed by atoms with Crippen molar-refractivity contribution in [1.82, 2.24) is 29.8 Å². The smallest absolute Gasteiger partial charge is 0.330 e. The zero-order valence-electron chi connectivity index (χ0n) is 19.5. The van der Waals surface area contributed by atoms with Crippen LogP contribution in [0.5, 0.6) is 0 Å². The molecule has 12 nitrogen and oxygen atoms in total. The van der Waals surface area contributed by atoms with Gasteiger partial charge in [0.1, 0.15) is 5.82 Å². The summed E-state index contributed by atoms with van der Waals surface area (Å²) in [4.78, 5) is 41.7. The van der Waals surface area contributed by atoms with Gasteiger partial charge in [0, 0.05) is 20.2 Å². The van der Waals surface area contributed by atoms with Crippen LogP contribution in [0.4, 0.5) is 11.5 Å². The minimum atomic E-state index is -0.735. The van der Waals surface area contributed by atoms with Crippen molar-refractivity contribution in [3.63, 3.8) is 0 Å². The van der Waals surface area contributed by atoms with Crippen molar-refractivity contribution < 1.29 is 9.53 Å². The standard InChI is InChI=1S/C21H28N8O4S/c1-13(2)11-28-18(22)17(19(31)23-20(28)32)27(8-9-33-4)16(30)12-34-21-24-25-26-29(21)15-7-5-6-14(3)10-15/h5-7,10,13H,8-9,11-12,22H2,1-4H3,(H,23,31,32). The fraction of sp³-hybridized carbons (Fsp3) is 0.429. The number of carbonyl (C=O) groups is 1. The number of nitrogens with zero attached hydrogens (tertiary/aromatic N) is 6. The van der Waals surface area contributed by atoms with E-state index in [0.29, 0.717) is 11.7 Å². The molecule has 0 saturated heterocycles. The van der Waals surface area contributed by atoms with E-state index in [9.17, 15) is 14.4 Å². The number of methoxy groups -OCH3 is 1. The monoisotopic (exact) mass is 488 g/mol. The van der Waals surface area contributed by atoms with Gasteiger partial charge in [-0.05, 0) is 41.0 Å². The van der Waals surface area contributed by atoms with Crippen LogP contribution in [0, 0.1) is 12.8 Å². The van der Waals surface area contributed by atoms with E-state index in [1.54, 1.807) is 0 Å². The molecule has 0 radical (unpaired) electrons. The molecule has 34 heavy (non-hydrogen) atoms. The number of ether oxygens (including phenoxy) is 1. The summed E-state index contributed by atoms with van der Waals surface area (Å²) in [6.45, 7) is 6.32. The molecule has 0 aliphatic heterocycles. The van der Waals surface area contributed by atoms with E-state index < -0.39 is 17.2 Å². The molecule has 13 heteroatoms. The summed E-state index contributed by atoms with van der Waals surface area (Å²) >= 11 is 1.12. The number of benzene rings is 1. The van der Waals surface area contributed by atoms with Crippen molar-refractivity contribution in [2.24, 2.45) is 5.92 Å². The van der Waals surface area contributed by atoms with Crippen molar-refractivity contribution >= 4 is 29.2 Å². The lowest BCUT2D eigenvalue weighted by Gasteiger charge is -2.24. The van der Waals surface area contributed by atoms with E-state index >= 15 is 0 Å². The second kappa shape index (κ2) is 11.1. The highest BCUT2D eigenvalue weighted by molar-refractivity contribution is 7.99. The Labute approximate surface area is 200 Å². The van der Waals surface area contributed by atoms with E-state index in [1.807, 2.05) is 45.0 Å². The Morgan fingerprint density at radius 2 is 2.09 bits per heavy atom. The number of aromatic amines is 1. The number of hydrogen-bond acceptors (Lipinski definition) is 9. The van der Waals surface area contributed by atoms with Gasteiger partial charge in [-0.2, -0.15) is 4.68 Å². The Bertz CT molecular complexity index is 1270. The molecule has 0 aliphatic carbocycles. The fourth-order valence-corrected chi connectivity index (χ4v) is 4.09. The highest BCUT2D eigenvalue weighted by Crippen LogP contribution is 2.22.